The van der Waals surface area contributed by atoms with Gasteiger partial charge in [0.25, 0.3) is 0 Å². The molecule has 2 heterocycles. The zero-order valence-corrected chi connectivity index (χ0v) is 18.0. The molecule has 0 aliphatic carbocycles. The van der Waals surface area contributed by atoms with Crippen molar-refractivity contribution in [1.82, 2.24) is 20.0 Å². The molecule has 2 aromatic rings. The second-order valence-electron chi connectivity index (χ2n) is 7.31. The number of morpholine rings is 1. The number of aromatic nitrogens is 2. The average Bonchev–Trinajstić information content (AvgIpc) is 3.12. The van der Waals surface area contributed by atoms with Crippen LogP contribution in [0.25, 0.3) is 0 Å². The van der Waals surface area contributed by atoms with Crippen LogP contribution >= 0.6 is 0 Å². The number of sulfone groups is 1. The monoisotopic (exact) mass is 419 g/mol. The fraction of sp³-hybridized carbons (Fsp3) is 0.500. The summed E-state index contributed by atoms with van der Waals surface area (Å²) < 4.78 is 30.6. The molecule has 0 amide bonds. The minimum Gasteiger partial charge on any atom is -0.370 e. The van der Waals surface area contributed by atoms with Crippen molar-refractivity contribution < 1.29 is 13.2 Å². The quantitative estimate of drug-likeness (QED) is 0.564. The largest absolute Gasteiger partial charge is 0.370 e. The highest BCUT2D eigenvalue weighted by Gasteiger charge is 2.25. The molecule has 9 heteroatoms. The second kappa shape index (κ2) is 9.41. The Kier molecular flexibility index (Phi) is 6.92. The molecule has 1 aliphatic heterocycles. The van der Waals surface area contributed by atoms with Crippen LogP contribution in [0.5, 0.6) is 0 Å². The third kappa shape index (κ3) is 6.30. The number of aryl methyl sites for hydroxylation is 1. The Morgan fingerprint density at radius 1 is 1.31 bits per heavy atom. The van der Waals surface area contributed by atoms with Crippen LogP contribution in [0.15, 0.2) is 41.7 Å². The highest BCUT2D eigenvalue weighted by molar-refractivity contribution is 7.89. The fourth-order valence-electron chi connectivity index (χ4n) is 3.29. The number of hydrogen-bond acceptors (Lipinski definition) is 5. The molecule has 1 N–H and O–H groups in total. The second-order valence-corrected chi connectivity index (χ2v) is 9.45. The van der Waals surface area contributed by atoms with E-state index in [1.807, 2.05) is 43.7 Å². The summed E-state index contributed by atoms with van der Waals surface area (Å²) in [5.74, 6) is 0.910. The molecule has 1 saturated heterocycles. The fourth-order valence-corrected chi connectivity index (χ4v) is 4.08. The molecule has 0 spiro atoms. The van der Waals surface area contributed by atoms with Gasteiger partial charge in [0.1, 0.15) is 6.10 Å². The Hall–Kier alpha value is -2.39. The smallest absolute Gasteiger partial charge is 0.194 e. The Balaban J connectivity index is 1.67. The first-order chi connectivity index (χ1) is 13.8. The molecule has 1 atom stereocenters. The zero-order chi connectivity index (χ0) is 20.9. The van der Waals surface area contributed by atoms with Gasteiger partial charge < -0.3 is 15.0 Å². The number of ether oxygens (including phenoxy) is 1. The third-order valence-electron chi connectivity index (χ3n) is 4.66. The van der Waals surface area contributed by atoms with Crippen molar-refractivity contribution in [2.75, 3.05) is 32.5 Å². The Morgan fingerprint density at radius 2 is 2.03 bits per heavy atom. The van der Waals surface area contributed by atoms with Gasteiger partial charge in [-0.2, -0.15) is 5.10 Å². The highest BCUT2D eigenvalue weighted by atomic mass is 32.2. The number of guanidine groups is 1. The lowest BCUT2D eigenvalue weighted by Crippen LogP contribution is -2.48. The summed E-state index contributed by atoms with van der Waals surface area (Å²) >= 11 is 0. The van der Waals surface area contributed by atoms with Gasteiger partial charge in [0.2, 0.25) is 0 Å². The Bertz CT molecular complexity index is 937. The molecule has 1 aliphatic rings. The molecule has 158 valence electrons. The molecule has 0 radical (unpaired) electrons. The van der Waals surface area contributed by atoms with Crippen LogP contribution in [0.1, 0.15) is 29.7 Å². The van der Waals surface area contributed by atoms with Crippen molar-refractivity contribution in [2.45, 2.75) is 25.3 Å². The summed E-state index contributed by atoms with van der Waals surface area (Å²) in [5, 5.41) is 7.60. The summed E-state index contributed by atoms with van der Waals surface area (Å²) in [5.41, 5.74) is 2.89. The third-order valence-corrected chi connectivity index (χ3v) is 5.52. The predicted octanol–water partition coefficient (Wildman–Crippen LogP) is 1.50. The molecule has 1 unspecified atom stereocenters. The topological polar surface area (TPSA) is 88.8 Å². The molecule has 1 aromatic carbocycles. The maximum absolute atomic E-state index is 11.4. The van der Waals surface area contributed by atoms with Crippen LogP contribution < -0.4 is 5.32 Å². The summed E-state index contributed by atoms with van der Waals surface area (Å²) in [7, 11) is -1.13. The van der Waals surface area contributed by atoms with Gasteiger partial charge in [-0.25, -0.2) is 13.4 Å². The lowest BCUT2D eigenvalue weighted by Gasteiger charge is -2.34. The first kappa shape index (κ1) is 21.3. The number of hydrogen-bond donors (Lipinski definition) is 1. The van der Waals surface area contributed by atoms with Crippen molar-refractivity contribution in [3.63, 3.8) is 0 Å². The molecule has 0 bridgehead atoms. The standard InChI is InChI=1S/C20H29N5O3S/c1-4-21-20(22-11-16-5-7-17(8-6-16)15-29(3,26)27)25-9-10-28-19(14-25)18-12-23-24(2)13-18/h5-8,12-13,19H,4,9-11,14-15H2,1-3H3,(H,21,22). The minimum atomic E-state index is -3.03. The number of nitrogens with zero attached hydrogens (tertiary/aromatic N) is 4. The summed E-state index contributed by atoms with van der Waals surface area (Å²) in [6.45, 7) is 5.47. The van der Waals surface area contributed by atoms with Gasteiger partial charge in [0.05, 0.1) is 31.6 Å². The van der Waals surface area contributed by atoms with Gasteiger partial charge >= 0.3 is 0 Å². The van der Waals surface area contributed by atoms with E-state index in [2.05, 4.69) is 22.2 Å². The molecule has 3 rings (SSSR count). The molecule has 1 fully saturated rings. The van der Waals surface area contributed by atoms with Gasteiger partial charge in [-0.15, -0.1) is 0 Å². The number of benzene rings is 1. The van der Waals surface area contributed by atoms with Crippen LogP contribution in [-0.4, -0.2) is 61.6 Å². The van der Waals surface area contributed by atoms with Crippen LogP contribution in [0.3, 0.4) is 0 Å². The van der Waals surface area contributed by atoms with E-state index in [9.17, 15) is 8.42 Å². The molecule has 0 saturated carbocycles. The molecule has 1 aromatic heterocycles. The van der Waals surface area contributed by atoms with E-state index in [0.717, 1.165) is 35.7 Å². The average molecular weight is 420 g/mol. The van der Waals surface area contributed by atoms with Crippen molar-refractivity contribution in [2.24, 2.45) is 12.0 Å². The van der Waals surface area contributed by atoms with Gasteiger partial charge in [-0.1, -0.05) is 24.3 Å². The molecular weight excluding hydrogens is 390 g/mol. The van der Waals surface area contributed by atoms with Crippen LogP contribution in [0.2, 0.25) is 0 Å². The van der Waals surface area contributed by atoms with E-state index >= 15 is 0 Å². The van der Waals surface area contributed by atoms with E-state index < -0.39 is 9.84 Å². The van der Waals surface area contributed by atoms with Crippen LogP contribution in [0.4, 0.5) is 0 Å². The summed E-state index contributed by atoms with van der Waals surface area (Å²) in [6, 6.07) is 7.58. The lowest BCUT2D eigenvalue weighted by atomic mass is 10.1. The SMILES string of the molecule is CCNC(=NCc1ccc(CS(C)(=O)=O)cc1)N1CCOC(c2cnn(C)c2)C1. The summed E-state index contributed by atoms with van der Waals surface area (Å²) in [6.07, 6.45) is 5.04. The van der Waals surface area contributed by atoms with Crippen molar-refractivity contribution >= 4 is 15.8 Å². The lowest BCUT2D eigenvalue weighted by molar-refractivity contribution is -0.00805. The summed E-state index contributed by atoms with van der Waals surface area (Å²) in [4.78, 5) is 6.99. The van der Waals surface area contributed by atoms with E-state index in [4.69, 9.17) is 9.73 Å². The minimum absolute atomic E-state index is 0.0309. The number of rotatable bonds is 6. The van der Waals surface area contributed by atoms with E-state index in [1.54, 1.807) is 4.68 Å². The molecule has 29 heavy (non-hydrogen) atoms. The zero-order valence-electron chi connectivity index (χ0n) is 17.2. The van der Waals surface area contributed by atoms with Crippen molar-refractivity contribution in [1.29, 1.82) is 0 Å². The first-order valence-electron chi connectivity index (χ1n) is 9.73. The van der Waals surface area contributed by atoms with Gasteiger partial charge in [0, 0.05) is 38.2 Å². The van der Waals surface area contributed by atoms with Crippen molar-refractivity contribution in [3.05, 3.63) is 53.3 Å². The van der Waals surface area contributed by atoms with E-state index in [1.165, 1.54) is 6.26 Å². The normalized spacial score (nSPS) is 18.1. The highest BCUT2D eigenvalue weighted by Crippen LogP contribution is 2.21. The van der Waals surface area contributed by atoms with E-state index in [0.29, 0.717) is 19.7 Å². The Labute approximate surface area is 172 Å². The molecular formula is C20H29N5O3S. The van der Waals surface area contributed by atoms with Gasteiger partial charge in [-0.05, 0) is 18.1 Å². The first-order valence-corrected chi connectivity index (χ1v) is 11.8. The molecule has 8 nitrogen and oxygen atoms in total. The maximum atomic E-state index is 11.4. The van der Waals surface area contributed by atoms with E-state index in [-0.39, 0.29) is 11.9 Å². The number of aliphatic imine (C=N–C) groups is 1. The predicted molar refractivity (Wildman–Crippen MR) is 113 cm³/mol. The van der Waals surface area contributed by atoms with Gasteiger partial charge in [-0.3, -0.25) is 4.68 Å². The maximum Gasteiger partial charge on any atom is 0.194 e. The Morgan fingerprint density at radius 3 is 2.66 bits per heavy atom. The van der Waals surface area contributed by atoms with Gasteiger partial charge in [0.15, 0.2) is 15.8 Å². The van der Waals surface area contributed by atoms with Crippen molar-refractivity contribution in [3.8, 4) is 0 Å². The van der Waals surface area contributed by atoms with Crippen LogP contribution in [0, 0.1) is 0 Å². The van der Waals surface area contributed by atoms with Crippen LogP contribution in [-0.2, 0) is 33.9 Å². The number of nitrogens with one attached hydrogen (secondary N) is 1.